The average molecular weight is 347 g/mol. The van der Waals surface area contributed by atoms with Crippen LogP contribution in [0, 0.1) is 0 Å². The minimum Gasteiger partial charge on any atom is -0.414 e. The summed E-state index contributed by atoms with van der Waals surface area (Å²) in [6, 6.07) is 12.2. The standard InChI is InChI=1S/C16H8F3N3OS/c17-16(18,19)10-7-5-9(6-8-10)13-21-22-14(23-13)15-20-11-3-1-2-4-12(11)24-15/h1-8H. The number of halogens is 3. The Bertz CT molecular complexity index is 972. The summed E-state index contributed by atoms with van der Waals surface area (Å²) in [5, 5.41) is 8.40. The van der Waals surface area contributed by atoms with Gasteiger partial charge in [-0.1, -0.05) is 12.1 Å². The maximum Gasteiger partial charge on any atom is 0.416 e. The molecule has 0 spiro atoms. The second-order valence-electron chi connectivity index (χ2n) is 4.97. The molecular weight excluding hydrogens is 339 g/mol. The third kappa shape index (κ3) is 2.65. The van der Waals surface area contributed by atoms with Crippen LogP contribution in [0.15, 0.2) is 52.9 Å². The smallest absolute Gasteiger partial charge is 0.414 e. The molecule has 0 saturated carbocycles. The third-order valence-electron chi connectivity index (χ3n) is 3.36. The van der Waals surface area contributed by atoms with E-state index < -0.39 is 11.7 Å². The monoisotopic (exact) mass is 347 g/mol. The first kappa shape index (κ1) is 14.8. The highest BCUT2D eigenvalue weighted by molar-refractivity contribution is 7.21. The summed E-state index contributed by atoms with van der Waals surface area (Å²) in [6.45, 7) is 0. The number of para-hydroxylation sites is 1. The van der Waals surface area contributed by atoms with Gasteiger partial charge in [0.2, 0.25) is 5.89 Å². The summed E-state index contributed by atoms with van der Waals surface area (Å²) in [6.07, 6.45) is -4.38. The maximum absolute atomic E-state index is 12.6. The van der Waals surface area contributed by atoms with E-state index in [0.717, 1.165) is 22.3 Å². The summed E-state index contributed by atoms with van der Waals surface area (Å²) in [5.41, 5.74) is 0.520. The Balaban J connectivity index is 1.67. The van der Waals surface area contributed by atoms with E-state index in [9.17, 15) is 13.2 Å². The van der Waals surface area contributed by atoms with Crippen LogP contribution in [0.25, 0.3) is 32.6 Å². The van der Waals surface area contributed by atoms with Gasteiger partial charge in [0.25, 0.3) is 5.89 Å². The highest BCUT2D eigenvalue weighted by atomic mass is 32.1. The van der Waals surface area contributed by atoms with E-state index in [2.05, 4.69) is 15.2 Å². The molecule has 0 radical (unpaired) electrons. The molecule has 0 atom stereocenters. The number of alkyl halides is 3. The van der Waals surface area contributed by atoms with E-state index >= 15 is 0 Å². The van der Waals surface area contributed by atoms with Crippen LogP contribution in [0.4, 0.5) is 13.2 Å². The molecule has 2 aromatic carbocycles. The normalized spacial score (nSPS) is 12.0. The molecule has 2 heterocycles. The number of aromatic nitrogens is 3. The van der Waals surface area contributed by atoms with Crippen molar-refractivity contribution < 1.29 is 17.6 Å². The molecule has 0 saturated heterocycles. The summed E-state index contributed by atoms with van der Waals surface area (Å²) in [4.78, 5) is 4.41. The molecule has 0 unspecified atom stereocenters. The lowest BCUT2D eigenvalue weighted by molar-refractivity contribution is -0.137. The number of rotatable bonds is 2. The van der Waals surface area contributed by atoms with Crippen molar-refractivity contribution in [3.8, 4) is 22.4 Å². The molecule has 8 heteroatoms. The maximum atomic E-state index is 12.6. The summed E-state index contributed by atoms with van der Waals surface area (Å²) in [5.74, 6) is 0.393. The molecule has 0 N–H and O–H groups in total. The molecule has 0 aliphatic carbocycles. The van der Waals surface area contributed by atoms with Crippen LogP contribution in [0.5, 0.6) is 0 Å². The molecule has 0 aliphatic rings. The average Bonchev–Trinajstić information content (AvgIpc) is 3.21. The van der Waals surface area contributed by atoms with Gasteiger partial charge in [-0.15, -0.1) is 21.5 Å². The number of fused-ring (bicyclic) bond motifs is 1. The van der Waals surface area contributed by atoms with E-state index in [-0.39, 0.29) is 11.8 Å². The molecule has 0 amide bonds. The zero-order valence-electron chi connectivity index (χ0n) is 11.9. The Labute approximate surface area is 137 Å². The molecule has 4 aromatic rings. The van der Waals surface area contributed by atoms with Crippen molar-refractivity contribution in [2.45, 2.75) is 6.18 Å². The summed E-state index contributed by atoms with van der Waals surface area (Å²) < 4.78 is 44.3. The largest absolute Gasteiger partial charge is 0.416 e. The highest BCUT2D eigenvalue weighted by Crippen LogP contribution is 2.33. The van der Waals surface area contributed by atoms with Crippen LogP contribution in [0.3, 0.4) is 0 Å². The van der Waals surface area contributed by atoms with Crippen molar-refractivity contribution in [1.82, 2.24) is 15.2 Å². The minimum absolute atomic E-state index is 0.151. The molecule has 2 aromatic heterocycles. The van der Waals surface area contributed by atoms with Gasteiger partial charge in [0.1, 0.15) is 0 Å². The quantitative estimate of drug-likeness (QED) is 0.510. The van der Waals surface area contributed by atoms with Gasteiger partial charge in [0, 0.05) is 5.56 Å². The van der Waals surface area contributed by atoms with Gasteiger partial charge < -0.3 is 4.42 Å². The number of benzene rings is 2. The van der Waals surface area contributed by atoms with Crippen LogP contribution in [0.1, 0.15) is 5.56 Å². The van der Waals surface area contributed by atoms with Crippen molar-refractivity contribution in [3.05, 3.63) is 54.1 Å². The first-order valence-corrected chi connectivity index (χ1v) is 7.69. The molecule has 120 valence electrons. The fourth-order valence-electron chi connectivity index (χ4n) is 2.19. The first-order chi connectivity index (χ1) is 11.5. The van der Waals surface area contributed by atoms with Gasteiger partial charge >= 0.3 is 6.18 Å². The van der Waals surface area contributed by atoms with Crippen molar-refractivity contribution in [2.24, 2.45) is 0 Å². The zero-order valence-corrected chi connectivity index (χ0v) is 12.7. The first-order valence-electron chi connectivity index (χ1n) is 6.88. The van der Waals surface area contributed by atoms with Crippen molar-refractivity contribution >= 4 is 21.6 Å². The molecule has 0 bridgehead atoms. The number of nitrogens with zero attached hydrogens (tertiary/aromatic N) is 3. The lowest BCUT2D eigenvalue weighted by Crippen LogP contribution is -2.03. The fourth-order valence-corrected chi connectivity index (χ4v) is 3.08. The van der Waals surface area contributed by atoms with Gasteiger partial charge in [-0.3, -0.25) is 0 Å². The second kappa shape index (κ2) is 5.41. The fraction of sp³-hybridized carbons (Fsp3) is 0.0625. The Hall–Kier alpha value is -2.74. The topological polar surface area (TPSA) is 51.8 Å². The molecule has 0 aliphatic heterocycles. The predicted molar refractivity (Wildman–Crippen MR) is 83.4 cm³/mol. The highest BCUT2D eigenvalue weighted by Gasteiger charge is 2.30. The van der Waals surface area contributed by atoms with Crippen LogP contribution >= 0.6 is 11.3 Å². The molecule has 24 heavy (non-hydrogen) atoms. The molecular formula is C16H8F3N3OS. The van der Waals surface area contributed by atoms with E-state index in [4.69, 9.17) is 4.42 Å². The summed E-state index contributed by atoms with van der Waals surface area (Å²) in [7, 11) is 0. The Morgan fingerprint density at radius 2 is 1.58 bits per heavy atom. The molecule has 4 rings (SSSR count). The van der Waals surface area contributed by atoms with E-state index in [1.807, 2.05) is 24.3 Å². The lowest BCUT2D eigenvalue weighted by atomic mass is 10.1. The van der Waals surface area contributed by atoms with Crippen LogP contribution in [-0.4, -0.2) is 15.2 Å². The third-order valence-corrected chi connectivity index (χ3v) is 4.39. The predicted octanol–water partition coefficient (Wildman–Crippen LogP) is 5.03. The van der Waals surface area contributed by atoms with E-state index in [1.165, 1.54) is 23.5 Å². The van der Waals surface area contributed by atoms with Gasteiger partial charge in [-0.05, 0) is 36.4 Å². The SMILES string of the molecule is FC(F)(F)c1ccc(-c2nnc(-c3nc4ccccc4s3)o2)cc1. The zero-order chi connectivity index (χ0) is 16.7. The Morgan fingerprint density at radius 1 is 0.875 bits per heavy atom. The van der Waals surface area contributed by atoms with E-state index in [0.29, 0.717) is 10.6 Å². The van der Waals surface area contributed by atoms with Gasteiger partial charge in [0.15, 0.2) is 5.01 Å². The molecule has 0 fully saturated rings. The van der Waals surface area contributed by atoms with E-state index in [1.54, 1.807) is 0 Å². The van der Waals surface area contributed by atoms with Crippen molar-refractivity contribution in [1.29, 1.82) is 0 Å². The van der Waals surface area contributed by atoms with Crippen molar-refractivity contribution in [2.75, 3.05) is 0 Å². The number of hydrogen-bond donors (Lipinski definition) is 0. The molecule has 4 nitrogen and oxygen atoms in total. The minimum atomic E-state index is -4.38. The number of thiazole rings is 1. The van der Waals surface area contributed by atoms with Gasteiger partial charge in [-0.25, -0.2) is 4.98 Å². The van der Waals surface area contributed by atoms with Crippen LogP contribution in [-0.2, 0) is 6.18 Å². The van der Waals surface area contributed by atoms with Crippen LogP contribution in [0.2, 0.25) is 0 Å². The number of hydrogen-bond acceptors (Lipinski definition) is 5. The van der Waals surface area contributed by atoms with Gasteiger partial charge in [-0.2, -0.15) is 13.2 Å². The van der Waals surface area contributed by atoms with Crippen LogP contribution < -0.4 is 0 Å². The second-order valence-corrected chi connectivity index (χ2v) is 6.00. The Morgan fingerprint density at radius 3 is 2.29 bits per heavy atom. The van der Waals surface area contributed by atoms with Gasteiger partial charge in [0.05, 0.1) is 15.8 Å². The summed E-state index contributed by atoms with van der Waals surface area (Å²) >= 11 is 1.41. The Kier molecular flexibility index (Phi) is 3.34. The van der Waals surface area contributed by atoms with Crippen molar-refractivity contribution in [3.63, 3.8) is 0 Å². The lowest BCUT2D eigenvalue weighted by Gasteiger charge is -2.05.